The van der Waals surface area contributed by atoms with Gasteiger partial charge in [-0.3, -0.25) is 0 Å². The van der Waals surface area contributed by atoms with Crippen LogP contribution in [0.1, 0.15) is 54.6 Å². The normalized spacial score (nSPS) is 15.5. The SMILES string of the molecule is CCOC(=O)c1ncc(C2CCCC2)c2c1[nH]c1ccccc12. The van der Waals surface area contributed by atoms with E-state index in [1.807, 2.05) is 31.3 Å². The minimum atomic E-state index is -0.359. The van der Waals surface area contributed by atoms with E-state index >= 15 is 0 Å². The van der Waals surface area contributed by atoms with Gasteiger partial charge in [0.15, 0.2) is 5.69 Å². The van der Waals surface area contributed by atoms with Crippen LogP contribution < -0.4 is 0 Å². The van der Waals surface area contributed by atoms with Crippen LogP contribution in [0.5, 0.6) is 0 Å². The topological polar surface area (TPSA) is 55.0 Å². The Bertz CT molecular complexity index is 876. The van der Waals surface area contributed by atoms with Crippen LogP contribution in [0.2, 0.25) is 0 Å². The molecule has 0 unspecified atom stereocenters. The maximum Gasteiger partial charge on any atom is 0.359 e. The molecule has 0 atom stereocenters. The number of aromatic nitrogens is 2. The molecule has 0 spiro atoms. The lowest BCUT2D eigenvalue weighted by atomic mass is 9.94. The molecule has 4 heteroatoms. The first-order chi connectivity index (χ1) is 11.3. The summed E-state index contributed by atoms with van der Waals surface area (Å²) < 4.78 is 5.18. The van der Waals surface area contributed by atoms with Crippen LogP contribution in [0.4, 0.5) is 0 Å². The van der Waals surface area contributed by atoms with E-state index in [-0.39, 0.29) is 5.97 Å². The Morgan fingerprint density at radius 1 is 1.30 bits per heavy atom. The van der Waals surface area contributed by atoms with E-state index in [0.29, 0.717) is 18.2 Å². The van der Waals surface area contributed by atoms with Crippen molar-refractivity contribution in [2.24, 2.45) is 0 Å². The molecule has 0 radical (unpaired) electrons. The average molecular weight is 308 g/mol. The molecule has 3 aromatic rings. The molecule has 0 amide bonds. The van der Waals surface area contributed by atoms with Crippen LogP contribution in [0.25, 0.3) is 21.8 Å². The Morgan fingerprint density at radius 2 is 2.09 bits per heavy atom. The lowest BCUT2D eigenvalue weighted by Gasteiger charge is -2.12. The summed E-state index contributed by atoms with van der Waals surface area (Å²) in [5.41, 5.74) is 3.51. The van der Waals surface area contributed by atoms with E-state index in [9.17, 15) is 4.79 Å². The molecule has 1 aliphatic rings. The van der Waals surface area contributed by atoms with Crippen molar-refractivity contribution in [2.45, 2.75) is 38.5 Å². The van der Waals surface area contributed by atoms with Crippen LogP contribution in [-0.4, -0.2) is 22.5 Å². The number of fused-ring (bicyclic) bond motifs is 3. The summed E-state index contributed by atoms with van der Waals surface area (Å²) in [5.74, 6) is 0.183. The molecule has 1 aliphatic carbocycles. The van der Waals surface area contributed by atoms with Gasteiger partial charge in [0.2, 0.25) is 0 Å². The summed E-state index contributed by atoms with van der Waals surface area (Å²) in [6, 6.07) is 8.20. The summed E-state index contributed by atoms with van der Waals surface area (Å²) in [6.45, 7) is 2.17. The fraction of sp³-hybridized carbons (Fsp3) is 0.368. The number of para-hydroxylation sites is 1. The molecule has 23 heavy (non-hydrogen) atoms. The zero-order valence-corrected chi connectivity index (χ0v) is 13.3. The maximum absolute atomic E-state index is 12.3. The van der Waals surface area contributed by atoms with E-state index in [0.717, 1.165) is 21.8 Å². The van der Waals surface area contributed by atoms with E-state index in [4.69, 9.17) is 4.74 Å². The van der Waals surface area contributed by atoms with Crippen molar-refractivity contribution in [1.82, 2.24) is 9.97 Å². The Labute approximate surface area is 134 Å². The predicted molar refractivity (Wildman–Crippen MR) is 90.8 cm³/mol. The van der Waals surface area contributed by atoms with Gasteiger partial charge in [0.25, 0.3) is 0 Å². The van der Waals surface area contributed by atoms with E-state index in [1.54, 1.807) is 0 Å². The summed E-state index contributed by atoms with van der Waals surface area (Å²) in [4.78, 5) is 20.1. The number of benzene rings is 1. The number of carbonyl (C=O) groups is 1. The first kappa shape index (κ1) is 14.2. The van der Waals surface area contributed by atoms with Gasteiger partial charge in [-0.25, -0.2) is 9.78 Å². The first-order valence-electron chi connectivity index (χ1n) is 8.36. The number of pyridine rings is 1. The monoisotopic (exact) mass is 308 g/mol. The molecule has 1 fully saturated rings. The maximum atomic E-state index is 12.3. The molecule has 4 nitrogen and oxygen atoms in total. The summed E-state index contributed by atoms with van der Waals surface area (Å²) >= 11 is 0. The Morgan fingerprint density at radius 3 is 2.87 bits per heavy atom. The number of carbonyl (C=O) groups excluding carboxylic acids is 1. The highest BCUT2D eigenvalue weighted by Crippen LogP contribution is 2.40. The molecule has 0 saturated heterocycles. The smallest absolute Gasteiger partial charge is 0.359 e. The van der Waals surface area contributed by atoms with Crippen LogP contribution in [0.3, 0.4) is 0 Å². The van der Waals surface area contributed by atoms with Gasteiger partial charge in [0, 0.05) is 22.5 Å². The van der Waals surface area contributed by atoms with Gasteiger partial charge >= 0.3 is 5.97 Å². The average Bonchev–Trinajstić information content (AvgIpc) is 3.22. The van der Waals surface area contributed by atoms with Crippen molar-refractivity contribution < 1.29 is 9.53 Å². The van der Waals surface area contributed by atoms with Crippen LogP contribution >= 0.6 is 0 Å². The number of H-pyrrole nitrogens is 1. The molecule has 118 valence electrons. The van der Waals surface area contributed by atoms with Crippen molar-refractivity contribution in [3.05, 3.63) is 41.7 Å². The number of nitrogens with zero attached hydrogens (tertiary/aromatic N) is 1. The van der Waals surface area contributed by atoms with Crippen LogP contribution in [0, 0.1) is 0 Å². The molecule has 1 saturated carbocycles. The molecule has 1 aromatic carbocycles. The summed E-state index contributed by atoms with van der Waals surface area (Å²) in [6.07, 6.45) is 6.84. The van der Waals surface area contributed by atoms with Crippen LogP contribution in [-0.2, 0) is 4.74 Å². The number of hydrogen-bond acceptors (Lipinski definition) is 3. The molecule has 2 aromatic heterocycles. The van der Waals surface area contributed by atoms with Gasteiger partial charge < -0.3 is 9.72 Å². The molecular formula is C19H20N2O2. The Kier molecular flexibility index (Phi) is 3.52. The number of nitrogens with one attached hydrogen (secondary N) is 1. The van der Waals surface area contributed by atoms with Gasteiger partial charge in [0.05, 0.1) is 12.1 Å². The van der Waals surface area contributed by atoms with E-state index in [1.165, 1.54) is 31.2 Å². The number of esters is 1. The van der Waals surface area contributed by atoms with E-state index in [2.05, 4.69) is 16.0 Å². The quantitative estimate of drug-likeness (QED) is 0.722. The third kappa shape index (κ3) is 2.29. The first-order valence-corrected chi connectivity index (χ1v) is 8.36. The molecule has 0 aliphatic heterocycles. The minimum Gasteiger partial charge on any atom is -0.461 e. The van der Waals surface area contributed by atoms with Crippen molar-refractivity contribution in [3.63, 3.8) is 0 Å². The van der Waals surface area contributed by atoms with Crippen molar-refractivity contribution in [2.75, 3.05) is 6.61 Å². The molecule has 4 rings (SSSR count). The molecule has 0 bridgehead atoms. The third-order valence-electron chi connectivity index (χ3n) is 4.83. The van der Waals surface area contributed by atoms with Crippen LogP contribution in [0.15, 0.2) is 30.5 Å². The van der Waals surface area contributed by atoms with Gasteiger partial charge in [-0.2, -0.15) is 0 Å². The predicted octanol–water partition coefficient (Wildman–Crippen LogP) is 4.55. The fourth-order valence-electron chi connectivity index (χ4n) is 3.78. The number of rotatable bonds is 3. The largest absolute Gasteiger partial charge is 0.461 e. The Balaban J connectivity index is 2.00. The fourth-order valence-corrected chi connectivity index (χ4v) is 3.78. The van der Waals surface area contributed by atoms with Crippen molar-refractivity contribution in [1.29, 1.82) is 0 Å². The van der Waals surface area contributed by atoms with Gasteiger partial charge in [0.1, 0.15) is 0 Å². The second-order valence-electron chi connectivity index (χ2n) is 6.18. The Hall–Kier alpha value is -2.36. The van der Waals surface area contributed by atoms with Crippen molar-refractivity contribution >= 4 is 27.8 Å². The van der Waals surface area contributed by atoms with Crippen molar-refractivity contribution in [3.8, 4) is 0 Å². The van der Waals surface area contributed by atoms with E-state index < -0.39 is 0 Å². The zero-order valence-electron chi connectivity index (χ0n) is 13.3. The number of hydrogen-bond donors (Lipinski definition) is 1. The number of aromatic amines is 1. The second-order valence-corrected chi connectivity index (χ2v) is 6.18. The summed E-state index contributed by atoms with van der Waals surface area (Å²) in [7, 11) is 0. The van der Waals surface area contributed by atoms with Gasteiger partial charge in [-0.05, 0) is 37.3 Å². The highest BCUT2D eigenvalue weighted by Gasteiger charge is 2.25. The third-order valence-corrected chi connectivity index (χ3v) is 4.83. The minimum absolute atomic E-state index is 0.354. The number of ether oxygens (including phenoxy) is 1. The summed E-state index contributed by atoms with van der Waals surface area (Å²) in [5, 5.41) is 2.31. The van der Waals surface area contributed by atoms with Gasteiger partial charge in [-0.15, -0.1) is 0 Å². The molecule has 1 N–H and O–H groups in total. The van der Waals surface area contributed by atoms with Gasteiger partial charge in [-0.1, -0.05) is 31.0 Å². The highest BCUT2D eigenvalue weighted by molar-refractivity contribution is 6.14. The zero-order chi connectivity index (χ0) is 15.8. The second kappa shape index (κ2) is 5.69. The molecular weight excluding hydrogens is 288 g/mol. The standard InChI is InChI=1S/C19H20N2O2/c1-2-23-19(22)18-17-16(13-9-5-6-10-15(13)21-17)14(11-20-18)12-7-3-4-8-12/h5-6,9-12,21H,2-4,7-8H2,1H3. The lowest BCUT2D eigenvalue weighted by Crippen LogP contribution is -2.09. The molecule has 2 heterocycles. The lowest BCUT2D eigenvalue weighted by molar-refractivity contribution is 0.0522. The highest BCUT2D eigenvalue weighted by atomic mass is 16.5.